The van der Waals surface area contributed by atoms with Crippen molar-refractivity contribution in [3.8, 4) is 0 Å². The van der Waals surface area contributed by atoms with Gasteiger partial charge in [-0.05, 0) is 71.5 Å². The largest absolute Gasteiger partial charge is 0.371 e. The maximum atomic E-state index is 4.93. The van der Waals surface area contributed by atoms with E-state index in [0.717, 1.165) is 35.1 Å². The van der Waals surface area contributed by atoms with Crippen LogP contribution in [-0.2, 0) is 19.4 Å². The molecule has 1 aromatic carbocycles. The third-order valence-corrected chi connectivity index (χ3v) is 7.38. The Bertz CT molecular complexity index is 969. The number of aromatic nitrogens is 4. The van der Waals surface area contributed by atoms with Crippen LogP contribution >= 0.6 is 34.4 Å². The van der Waals surface area contributed by atoms with Crippen molar-refractivity contribution in [1.29, 1.82) is 0 Å². The van der Waals surface area contributed by atoms with Crippen LogP contribution < -0.4 is 5.32 Å². The van der Waals surface area contributed by atoms with Crippen LogP contribution in [0.15, 0.2) is 28.5 Å². The summed E-state index contributed by atoms with van der Waals surface area (Å²) in [4.78, 5) is 15.1. The van der Waals surface area contributed by atoms with Gasteiger partial charge in [-0.15, -0.1) is 0 Å². The second-order valence-electron chi connectivity index (χ2n) is 6.90. The molecule has 2 heterocycles. The smallest absolute Gasteiger partial charge is 0.175 e. The molecule has 1 N–H and O–H groups in total. The van der Waals surface area contributed by atoms with Gasteiger partial charge < -0.3 is 9.88 Å². The van der Waals surface area contributed by atoms with Crippen LogP contribution in [0.3, 0.4) is 0 Å². The zero-order valence-electron chi connectivity index (χ0n) is 15.8. The van der Waals surface area contributed by atoms with Crippen molar-refractivity contribution in [1.82, 2.24) is 19.5 Å². The third-order valence-electron chi connectivity index (χ3n) is 5.07. The molecule has 0 bridgehead atoms. The van der Waals surface area contributed by atoms with Crippen molar-refractivity contribution in [2.45, 2.75) is 62.0 Å². The molecule has 1 aliphatic carbocycles. The standard InChI is InChI=1S/C20H24IN5S/c1-3-4-5-9-26-19-17(18(22-2)23-12-24-19)25-20(26)27-16-11-14-8-6-7-13(14)10-15(16)21/h10-12H,3-9H2,1-2H3,(H,22,23,24). The van der Waals surface area contributed by atoms with Crippen molar-refractivity contribution >= 4 is 51.3 Å². The molecule has 4 rings (SSSR count). The topological polar surface area (TPSA) is 55.6 Å². The molecular weight excluding hydrogens is 469 g/mol. The summed E-state index contributed by atoms with van der Waals surface area (Å²) in [6, 6.07) is 4.73. The quantitative estimate of drug-likeness (QED) is 0.358. The average Bonchev–Trinajstić information content (AvgIpc) is 3.26. The number of rotatable bonds is 7. The van der Waals surface area contributed by atoms with Crippen LogP contribution in [0.2, 0.25) is 0 Å². The lowest BCUT2D eigenvalue weighted by molar-refractivity contribution is 0.575. The van der Waals surface area contributed by atoms with Crippen LogP contribution in [0, 0.1) is 3.57 Å². The molecule has 5 nitrogen and oxygen atoms in total. The fourth-order valence-electron chi connectivity index (χ4n) is 3.65. The number of imidazole rings is 1. The summed E-state index contributed by atoms with van der Waals surface area (Å²) in [5.74, 6) is 0.791. The predicted molar refractivity (Wildman–Crippen MR) is 120 cm³/mol. The molecule has 0 unspecified atom stereocenters. The summed E-state index contributed by atoms with van der Waals surface area (Å²) in [7, 11) is 1.88. The second kappa shape index (κ2) is 8.34. The van der Waals surface area contributed by atoms with Crippen LogP contribution in [0.4, 0.5) is 5.82 Å². The number of fused-ring (bicyclic) bond motifs is 2. The molecule has 0 saturated carbocycles. The van der Waals surface area contributed by atoms with Crippen molar-refractivity contribution < 1.29 is 0 Å². The Labute approximate surface area is 177 Å². The lowest BCUT2D eigenvalue weighted by Gasteiger charge is -2.10. The number of nitrogens with zero attached hydrogens (tertiary/aromatic N) is 4. The lowest BCUT2D eigenvalue weighted by Crippen LogP contribution is -2.02. The first-order valence-electron chi connectivity index (χ1n) is 9.59. The maximum Gasteiger partial charge on any atom is 0.175 e. The number of aryl methyl sites for hydroxylation is 3. The zero-order chi connectivity index (χ0) is 18.8. The van der Waals surface area contributed by atoms with Crippen molar-refractivity contribution in [3.05, 3.63) is 33.2 Å². The molecule has 0 atom stereocenters. The summed E-state index contributed by atoms with van der Waals surface area (Å²) in [6.45, 7) is 3.17. The second-order valence-corrected chi connectivity index (χ2v) is 9.08. The molecule has 0 radical (unpaired) electrons. The van der Waals surface area contributed by atoms with Crippen LogP contribution in [0.1, 0.15) is 43.7 Å². The highest BCUT2D eigenvalue weighted by Gasteiger charge is 2.19. The van der Waals surface area contributed by atoms with Gasteiger partial charge in [0.2, 0.25) is 0 Å². The summed E-state index contributed by atoms with van der Waals surface area (Å²) in [5.41, 5.74) is 4.80. The van der Waals surface area contributed by atoms with E-state index in [9.17, 15) is 0 Å². The maximum absolute atomic E-state index is 4.93. The highest BCUT2D eigenvalue weighted by molar-refractivity contribution is 14.1. The molecule has 27 heavy (non-hydrogen) atoms. The van der Waals surface area contributed by atoms with E-state index in [0.29, 0.717) is 0 Å². The highest BCUT2D eigenvalue weighted by Crippen LogP contribution is 2.37. The van der Waals surface area contributed by atoms with E-state index in [2.05, 4.69) is 61.5 Å². The van der Waals surface area contributed by atoms with Gasteiger partial charge in [0.05, 0.1) is 0 Å². The molecule has 0 saturated heterocycles. The Morgan fingerprint density at radius 3 is 2.78 bits per heavy atom. The van der Waals surface area contributed by atoms with Gasteiger partial charge in [-0.1, -0.05) is 31.5 Å². The number of halogens is 1. The molecule has 3 aromatic rings. The fourth-order valence-corrected chi connectivity index (χ4v) is 5.49. The Hall–Kier alpha value is -1.35. The average molecular weight is 493 g/mol. The lowest BCUT2D eigenvalue weighted by atomic mass is 10.1. The molecule has 1 aliphatic rings. The van der Waals surface area contributed by atoms with Gasteiger partial charge in [0.1, 0.15) is 6.33 Å². The molecule has 2 aromatic heterocycles. The van der Waals surface area contributed by atoms with Gasteiger partial charge in [0, 0.05) is 22.1 Å². The Morgan fingerprint density at radius 1 is 1.19 bits per heavy atom. The zero-order valence-corrected chi connectivity index (χ0v) is 18.7. The minimum Gasteiger partial charge on any atom is -0.371 e. The fraction of sp³-hybridized carbons (Fsp3) is 0.450. The monoisotopic (exact) mass is 493 g/mol. The van der Waals surface area contributed by atoms with Crippen LogP contribution in [0.5, 0.6) is 0 Å². The van der Waals surface area contributed by atoms with E-state index in [1.165, 1.54) is 51.7 Å². The Morgan fingerprint density at radius 2 is 2.00 bits per heavy atom. The first-order valence-corrected chi connectivity index (χ1v) is 11.5. The van der Waals surface area contributed by atoms with Crippen molar-refractivity contribution in [2.75, 3.05) is 12.4 Å². The summed E-state index contributed by atoms with van der Waals surface area (Å²) >= 11 is 4.22. The van der Waals surface area contributed by atoms with Gasteiger partial charge in [-0.25, -0.2) is 15.0 Å². The van der Waals surface area contributed by atoms with E-state index in [-0.39, 0.29) is 0 Å². The summed E-state index contributed by atoms with van der Waals surface area (Å²) in [5, 5.41) is 4.16. The first kappa shape index (κ1) is 19.0. The number of anilines is 1. The number of benzene rings is 1. The molecule has 0 spiro atoms. The third kappa shape index (κ3) is 3.81. The van der Waals surface area contributed by atoms with Gasteiger partial charge in [-0.2, -0.15) is 0 Å². The molecule has 142 valence electrons. The minimum absolute atomic E-state index is 0.791. The normalized spacial score (nSPS) is 13.3. The van der Waals surface area contributed by atoms with E-state index >= 15 is 0 Å². The molecule has 0 aliphatic heterocycles. The van der Waals surface area contributed by atoms with E-state index < -0.39 is 0 Å². The number of unbranched alkanes of at least 4 members (excludes halogenated alkanes) is 2. The Balaban J connectivity index is 1.75. The highest BCUT2D eigenvalue weighted by atomic mass is 127. The first-order chi connectivity index (χ1) is 13.2. The SMILES string of the molecule is CCCCCn1c(Sc2cc3c(cc2I)CCC3)nc2c(NC)ncnc21. The molecule has 0 fully saturated rings. The Kier molecular flexibility index (Phi) is 5.87. The van der Waals surface area contributed by atoms with Crippen LogP contribution in [0.25, 0.3) is 11.2 Å². The molecule has 0 amide bonds. The van der Waals surface area contributed by atoms with E-state index in [1.807, 2.05) is 7.05 Å². The van der Waals surface area contributed by atoms with E-state index in [1.54, 1.807) is 18.1 Å². The number of nitrogens with one attached hydrogen (secondary N) is 1. The number of hydrogen-bond donors (Lipinski definition) is 1. The number of hydrogen-bond acceptors (Lipinski definition) is 5. The van der Waals surface area contributed by atoms with Gasteiger partial charge in [0.25, 0.3) is 0 Å². The van der Waals surface area contributed by atoms with Gasteiger partial charge in [0.15, 0.2) is 22.1 Å². The van der Waals surface area contributed by atoms with E-state index in [4.69, 9.17) is 4.98 Å². The van der Waals surface area contributed by atoms with Gasteiger partial charge in [-0.3, -0.25) is 0 Å². The van der Waals surface area contributed by atoms with Crippen LogP contribution in [-0.4, -0.2) is 26.6 Å². The minimum atomic E-state index is 0.791. The summed E-state index contributed by atoms with van der Waals surface area (Å²) in [6.07, 6.45) is 8.86. The predicted octanol–water partition coefficient (Wildman–Crippen LogP) is 5.30. The van der Waals surface area contributed by atoms with Crippen molar-refractivity contribution in [3.63, 3.8) is 0 Å². The van der Waals surface area contributed by atoms with Crippen molar-refractivity contribution in [2.24, 2.45) is 0 Å². The van der Waals surface area contributed by atoms with Gasteiger partial charge >= 0.3 is 0 Å². The molecular formula is C20H24IN5S. The summed E-state index contributed by atoms with van der Waals surface area (Å²) < 4.78 is 3.58. The molecule has 7 heteroatoms.